The normalized spacial score (nSPS) is 14.4. The van der Waals surface area contributed by atoms with Gasteiger partial charge in [0.05, 0.1) is 34.1 Å². The number of guanidine groups is 1. The first kappa shape index (κ1) is 22.3. The minimum Gasteiger partial charge on any atom is -0.493 e. The molecule has 1 aliphatic rings. The molecule has 3 rings (SSSR count). The van der Waals surface area contributed by atoms with Crippen LogP contribution < -0.4 is 19.5 Å². The van der Waals surface area contributed by atoms with E-state index in [1.165, 1.54) is 6.26 Å². The number of methoxy groups -OCH3 is 3. The number of furan rings is 1. The number of amides is 1. The first-order chi connectivity index (χ1) is 15.1. The molecule has 0 saturated carbocycles. The second-order valence-corrected chi connectivity index (χ2v) is 6.96. The molecule has 1 amide bonds. The maximum absolute atomic E-state index is 12.5. The number of hydrogen-bond acceptors (Lipinski definition) is 6. The number of hydrogen-bond donors (Lipinski definition) is 1. The van der Waals surface area contributed by atoms with Crippen LogP contribution in [0.25, 0.3) is 0 Å². The highest BCUT2D eigenvalue weighted by atomic mass is 16.5. The molecule has 9 nitrogen and oxygen atoms in total. The van der Waals surface area contributed by atoms with E-state index in [2.05, 4.69) is 10.2 Å². The highest BCUT2D eigenvalue weighted by Gasteiger charge is 2.25. The molecule has 9 heteroatoms. The monoisotopic (exact) mass is 430 g/mol. The molecule has 1 aromatic heterocycles. The fourth-order valence-corrected chi connectivity index (χ4v) is 3.50. The van der Waals surface area contributed by atoms with Crippen LogP contribution in [0.15, 0.2) is 39.9 Å². The van der Waals surface area contributed by atoms with Crippen molar-refractivity contribution in [1.29, 1.82) is 0 Å². The van der Waals surface area contributed by atoms with Gasteiger partial charge >= 0.3 is 0 Å². The number of carbonyl (C=O) groups is 1. The summed E-state index contributed by atoms with van der Waals surface area (Å²) >= 11 is 0. The number of aliphatic imine (C=N–C) groups is 1. The van der Waals surface area contributed by atoms with E-state index in [-0.39, 0.29) is 5.91 Å². The lowest BCUT2D eigenvalue weighted by Crippen LogP contribution is -2.53. The topological polar surface area (TPSA) is 88.8 Å². The Hall–Kier alpha value is -3.36. The summed E-state index contributed by atoms with van der Waals surface area (Å²) < 4.78 is 21.5. The largest absolute Gasteiger partial charge is 0.493 e. The van der Waals surface area contributed by atoms with Crippen LogP contribution in [0.3, 0.4) is 0 Å². The third kappa shape index (κ3) is 5.22. The van der Waals surface area contributed by atoms with Crippen LogP contribution in [-0.4, -0.2) is 75.7 Å². The molecular formula is C22H30N4O5. The van der Waals surface area contributed by atoms with Crippen LogP contribution in [0.5, 0.6) is 17.2 Å². The van der Waals surface area contributed by atoms with Crippen LogP contribution in [0.2, 0.25) is 0 Å². The van der Waals surface area contributed by atoms with Gasteiger partial charge in [-0.2, -0.15) is 0 Å². The van der Waals surface area contributed by atoms with Crippen molar-refractivity contribution in [1.82, 2.24) is 15.1 Å². The summed E-state index contributed by atoms with van der Waals surface area (Å²) in [6.45, 7) is 5.82. The van der Waals surface area contributed by atoms with Crippen molar-refractivity contribution in [2.24, 2.45) is 4.99 Å². The summed E-state index contributed by atoms with van der Waals surface area (Å²) in [5.74, 6) is 2.85. The smallest absolute Gasteiger partial charge is 0.289 e. The van der Waals surface area contributed by atoms with Gasteiger partial charge in [0.15, 0.2) is 23.2 Å². The molecule has 1 aliphatic heterocycles. The Morgan fingerprint density at radius 1 is 1.06 bits per heavy atom. The number of carbonyl (C=O) groups excluding carboxylic acids is 1. The van der Waals surface area contributed by atoms with Crippen molar-refractivity contribution in [3.63, 3.8) is 0 Å². The van der Waals surface area contributed by atoms with E-state index in [1.54, 1.807) is 38.4 Å². The molecule has 31 heavy (non-hydrogen) atoms. The summed E-state index contributed by atoms with van der Waals surface area (Å²) in [6, 6.07) is 7.21. The van der Waals surface area contributed by atoms with Gasteiger partial charge in [0, 0.05) is 32.7 Å². The fraction of sp³-hybridized carbons (Fsp3) is 0.455. The van der Waals surface area contributed by atoms with Crippen molar-refractivity contribution in [2.45, 2.75) is 13.5 Å². The fourth-order valence-electron chi connectivity index (χ4n) is 3.50. The van der Waals surface area contributed by atoms with Gasteiger partial charge in [-0.1, -0.05) is 0 Å². The number of rotatable bonds is 7. The van der Waals surface area contributed by atoms with Gasteiger partial charge in [-0.15, -0.1) is 0 Å². The summed E-state index contributed by atoms with van der Waals surface area (Å²) in [4.78, 5) is 21.2. The number of benzene rings is 1. The summed E-state index contributed by atoms with van der Waals surface area (Å²) in [7, 11) is 4.77. The molecule has 2 heterocycles. The SMILES string of the molecule is CCNC(=NCc1cc(OC)c(OC)c(OC)c1)N1CCN(C(=O)c2ccco2)CC1. The Balaban J connectivity index is 1.69. The van der Waals surface area contributed by atoms with Crippen LogP contribution in [-0.2, 0) is 6.54 Å². The molecule has 1 saturated heterocycles. The van der Waals surface area contributed by atoms with Crippen LogP contribution in [0.4, 0.5) is 0 Å². The molecule has 0 bridgehead atoms. The lowest BCUT2D eigenvalue weighted by Gasteiger charge is -2.36. The van der Waals surface area contributed by atoms with Crippen LogP contribution >= 0.6 is 0 Å². The number of piperazine rings is 1. The van der Waals surface area contributed by atoms with E-state index < -0.39 is 0 Å². The van der Waals surface area contributed by atoms with Gasteiger partial charge in [-0.05, 0) is 36.8 Å². The molecule has 2 aromatic rings. The maximum atomic E-state index is 12.5. The van der Waals surface area contributed by atoms with E-state index in [0.717, 1.165) is 18.1 Å². The highest BCUT2D eigenvalue weighted by Crippen LogP contribution is 2.38. The molecule has 1 fully saturated rings. The first-order valence-electron chi connectivity index (χ1n) is 10.3. The van der Waals surface area contributed by atoms with Gasteiger partial charge in [-0.25, -0.2) is 4.99 Å². The minimum atomic E-state index is -0.0796. The Bertz CT molecular complexity index is 864. The van der Waals surface area contributed by atoms with Crippen LogP contribution in [0.1, 0.15) is 23.0 Å². The standard InChI is InChI=1S/C22H30N4O5/c1-5-23-22(24-15-16-13-18(28-2)20(30-4)19(14-16)29-3)26-10-8-25(9-11-26)21(27)17-7-6-12-31-17/h6-7,12-14H,5,8-11,15H2,1-4H3,(H,23,24). The van der Waals surface area contributed by atoms with E-state index >= 15 is 0 Å². The predicted octanol–water partition coefficient (Wildman–Crippen LogP) is 2.23. The molecular weight excluding hydrogens is 400 g/mol. The van der Waals surface area contributed by atoms with Gasteiger partial charge in [-0.3, -0.25) is 4.79 Å². The average Bonchev–Trinajstić information content (AvgIpc) is 3.35. The van der Waals surface area contributed by atoms with Gasteiger partial charge in [0.2, 0.25) is 5.75 Å². The highest BCUT2D eigenvalue weighted by molar-refractivity contribution is 5.91. The second-order valence-electron chi connectivity index (χ2n) is 6.96. The summed E-state index contributed by atoms with van der Waals surface area (Å²) in [5.41, 5.74) is 0.941. The van der Waals surface area contributed by atoms with Crippen LogP contribution in [0, 0.1) is 0 Å². The summed E-state index contributed by atoms with van der Waals surface area (Å²) in [5, 5.41) is 3.34. The zero-order valence-electron chi connectivity index (χ0n) is 18.5. The summed E-state index contributed by atoms with van der Waals surface area (Å²) in [6.07, 6.45) is 1.52. The first-order valence-corrected chi connectivity index (χ1v) is 10.3. The molecule has 0 unspecified atom stereocenters. The Labute approximate surface area is 182 Å². The van der Waals surface area contributed by atoms with Gasteiger partial charge < -0.3 is 33.7 Å². The van der Waals surface area contributed by atoms with Crippen molar-refractivity contribution in [3.05, 3.63) is 41.9 Å². The van der Waals surface area contributed by atoms with E-state index in [1.807, 2.05) is 19.1 Å². The molecule has 0 atom stereocenters. The van der Waals surface area contributed by atoms with E-state index in [0.29, 0.717) is 55.7 Å². The van der Waals surface area contributed by atoms with Gasteiger partial charge in [0.25, 0.3) is 5.91 Å². The minimum absolute atomic E-state index is 0.0796. The third-order valence-electron chi connectivity index (χ3n) is 5.07. The number of ether oxygens (including phenoxy) is 3. The Morgan fingerprint density at radius 3 is 2.23 bits per heavy atom. The molecule has 0 radical (unpaired) electrons. The molecule has 168 valence electrons. The van der Waals surface area contributed by atoms with E-state index in [4.69, 9.17) is 23.6 Å². The van der Waals surface area contributed by atoms with E-state index in [9.17, 15) is 4.79 Å². The predicted molar refractivity (Wildman–Crippen MR) is 117 cm³/mol. The van der Waals surface area contributed by atoms with Gasteiger partial charge in [0.1, 0.15) is 0 Å². The number of nitrogens with zero attached hydrogens (tertiary/aromatic N) is 3. The molecule has 1 N–H and O–H groups in total. The van der Waals surface area contributed by atoms with Crippen molar-refractivity contribution >= 4 is 11.9 Å². The zero-order valence-corrected chi connectivity index (χ0v) is 18.5. The lowest BCUT2D eigenvalue weighted by molar-refractivity contribution is 0.0657. The van der Waals surface area contributed by atoms with Crippen molar-refractivity contribution in [3.8, 4) is 17.2 Å². The maximum Gasteiger partial charge on any atom is 0.289 e. The quantitative estimate of drug-likeness (QED) is 0.532. The molecule has 0 spiro atoms. The second kappa shape index (κ2) is 10.6. The average molecular weight is 431 g/mol. The lowest BCUT2D eigenvalue weighted by atomic mass is 10.2. The zero-order chi connectivity index (χ0) is 22.2. The molecule has 1 aromatic carbocycles. The number of nitrogens with one attached hydrogen (secondary N) is 1. The van der Waals surface area contributed by atoms with Crippen molar-refractivity contribution in [2.75, 3.05) is 54.1 Å². The Kier molecular flexibility index (Phi) is 7.64. The Morgan fingerprint density at radius 2 is 1.71 bits per heavy atom. The van der Waals surface area contributed by atoms with Crippen molar-refractivity contribution < 1.29 is 23.4 Å². The third-order valence-corrected chi connectivity index (χ3v) is 5.07. The molecule has 0 aliphatic carbocycles.